The fraction of sp³-hybridized carbons (Fsp3) is 0.357. The van der Waals surface area contributed by atoms with E-state index < -0.39 is 50.6 Å². The lowest BCUT2D eigenvalue weighted by molar-refractivity contribution is -0.152. The fourth-order valence-corrected chi connectivity index (χ4v) is 8.14. The van der Waals surface area contributed by atoms with Gasteiger partial charge in [-0.3, -0.25) is 23.9 Å². The number of amides is 1. The van der Waals surface area contributed by atoms with E-state index >= 15 is 4.39 Å². The first-order valence-electron chi connectivity index (χ1n) is 18.8. The second-order valence-electron chi connectivity index (χ2n) is 15.5. The van der Waals surface area contributed by atoms with Crippen LogP contribution in [-0.2, 0) is 39.6 Å². The number of hydrogen-bond donors (Lipinski definition) is 3. The molecule has 3 N–H and O–H groups in total. The molecule has 0 unspecified atom stereocenters. The standard InChI is InChI=1S/C42H47FN6O7S/c1-26-21-28(24-45-42(2,3)4)13-18-37(26)57(54,55)47-29-14-17-32(34(43)23-29)38(50)46-35(40(52)56-31-9-7-6-8-10-31)22-27-11-15-30(16-12-27)49-39(51)33-19-20-44-25-36(33)48(5)41(49)53/h11-21,23,25,31,35,45,47H,6-10,22,24H2,1-5H3,(H,46,50)/t35-/m0/s1. The molecule has 15 heteroatoms. The number of fused-ring (bicyclic) bond motifs is 1. The molecule has 1 fully saturated rings. The highest BCUT2D eigenvalue weighted by molar-refractivity contribution is 7.92. The fourth-order valence-electron chi connectivity index (χ4n) is 6.86. The highest BCUT2D eigenvalue weighted by Crippen LogP contribution is 2.24. The largest absolute Gasteiger partial charge is 0.461 e. The van der Waals surface area contributed by atoms with Gasteiger partial charge in [0, 0.05) is 31.7 Å². The predicted molar refractivity (Wildman–Crippen MR) is 215 cm³/mol. The van der Waals surface area contributed by atoms with E-state index in [1.54, 1.807) is 50.4 Å². The molecule has 0 spiro atoms. The lowest BCUT2D eigenvalue weighted by Crippen LogP contribution is -2.45. The predicted octanol–water partition coefficient (Wildman–Crippen LogP) is 5.44. The van der Waals surface area contributed by atoms with Gasteiger partial charge in [0.25, 0.3) is 21.5 Å². The molecular formula is C42H47FN6O7S. The van der Waals surface area contributed by atoms with Crippen LogP contribution in [-0.4, -0.2) is 52.1 Å². The molecule has 0 saturated heterocycles. The zero-order valence-electron chi connectivity index (χ0n) is 32.6. The van der Waals surface area contributed by atoms with Gasteiger partial charge >= 0.3 is 11.7 Å². The zero-order valence-corrected chi connectivity index (χ0v) is 33.4. The molecule has 1 amide bonds. The van der Waals surface area contributed by atoms with E-state index in [9.17, 15) is 27.6 Å². The minimum absolute atomic E-state index is 0.0286. The van der Waals surface area contributed by atoms with Crippen LogP contribution in [0.5, 0.6) is 0 Å². The Morgan fingerprint density at radius 1 is 0.965 bits per heavy atom. The van der Waals surface area contributed by atoms with Gasteiger partial charge in [-0.15, -0.1) is 0 Å². The number of hydrogen-bond acceptors (Lipinski definition) is 9. The third-order valence-corrected chi connectivity index (χ3v) is 11.5. The van der Waals surface area contributed by atoms with Crippen LogP contribution in [0.4, 0.5) is 10.1 Å². The molecule has 2 aromatic heterocycles. The molecule has 2 heterocycles. The number of aryl methyl sites for hydroxylation is 2. The maximum absolute atomic E-state index is 15.6. The number of pyridine rings is 1. The Hall–Kier alpha value is -5.67. The highest BCUT2D eigenvalue weighted by atomic mass is 32.2. The number of nitrogens with one attached hydrogen (secondary N) is 3. The summed E-state index contributed by atoms with van der Waals surface area (Å²) in [6.45, 7) is 8.33. The lowest BCUT2D eigenvalue weighted by atomic mass is 9.97. The first-order chi connectivity index (χ1) is 27.0. The summed E-state index contributed by atoms with van der Waals surface area (Å²) in [4.78, 5) is 57.6. The Labute approximate surface area is 330 Å². The van der Waals surface area contributed by atoms with E-state index in [0.29, 0.717) is 47.1 Å². The molecule has 1 aliphatic carbocycles. The molecule has 1 aliphatic rings. The molecular weight excluding hydrogens is 752 g/mol. The maximum atomic E-state index is 15.6. The van der Waals surface area contributed by atoms with Crippen LogP contribution in [0, 0.1) is 12.7 Å². The van der Waals surface area contributed by atoms with Crippen molar-refractivity contribution in [2.24, 2.45) is 7.05 Å². The summed E-state index contributed by atoms with van der Waals surface area (Å²) in [5, 5.41) is 6.29. The SMILES string of the molecule is Cc1cc(CNC(C)(C)C)ccc1S(=O)(=O)Nc1ccc(C(=O)N[C@@H](Cc2ccc(-n3c(=O)c4ccncc4n(C)c3=O)cc2)C(=O)OC2CCCCC2)c(F)c1. The number of benzene rings is 3. The molecule has 6 rings (SSSR count). The van der Waals surface area contributed by atoms with Gasteiger partial charge in [0.05, 0.1) is 38.9 Å². The van der Waals surface area contributed by atoms with Gasteiger partial charge in [-0.05, 0) is 113 Å². The van der Waals surface area contributed by atoms with Crippen LogP contribution in [0.25, 0.3) is 16.6 Å². The van der Waals surface area contributed by atoms with E-state index in [0.717, 1.165) is 41.5 Å². The van der Waals surface area contributed by atoms with Crippen molar-refractivity contribution in [3.63, 3.8) is 0 Å². The van der Waals surface area contributed by atoms with Crippen molar-refractivity contribution in [2.45, 2.75) is 95.3 Å². The van der Waals surface area contributed by atoms with Crippen LogP contribution in [0.15, 0.2) is 93.6 Å². The number of rotatable bonds is 12. The van der Waals surface area contributed by atoms with Crippen molar-refractivity contribution in [1.82, 2.24) is 24.8 Å². The van der Waals surface area contributed by atoms with Crippen LogP contribution in [0.1, 0.15) is 79.9 Å². The van der Waals surface area contributed by atoms with Crippen LogP contribution >= 0.6 is 0 Å². The van der Waals surface area contributed by atoms with Crippen molar-refractivity contribution in [1.29, 1.82) is 0 Å². The molecule has 1 atom stereocenters. The Bertz CT molecular complexity index is 2540. The summed E-state index contributed by atoms with van der Waals surface area (Å²) < 4.78 is 52.8. The number of aromatic nitrogens is 3. The van der Waals surface area contributed by atoms with E-state index in [4.69, 9.17) is 4.74 Å². The van der Waals surface area contributed by atoms with Gasteiger partial charge < -0.3 is 15.4 Å². The molecule has 5 aromatic rings. The zero-order chi connectivity index (χ0) is 41.1. The highest BCUT2D eigenvalue weighted by Gasteiger charge is 2.28. The number of carbonyl (C=O) groups is 2. The summed E-state index contributed by atoms with van der Waals surface area (Å²) in [5.74, 6) is -2.59. The van der Waals surface area contributed by atoms with E-state index in [-0.39, 0.29) is 28.6 Å². The van der Waals surface area contributed by atoms with Gasteiger partial charge in [0.15, 0.2) is 0 Å². The van der Waals surface area contributed by atoms with Crippen LogP contribution < -0.4 is 26.6 Å². The average Bonchev–Trinajstić information content (AvgIpc) is 3.16. The number of anilines is 1. The van der Waals surface area contributed by atoms with Gasteiger partial charge in [-0.1, -0.05) is 30.7 Å². The maximum Gasteiger partial charge on any atom is 0.335 e. The normalized spacial score (nSPS) is 14.3. The van der Waals surface area contributed by atoms with E-state index in [2.05, 4.69) is 20.3 Å². The van der Waals surface area contributed by atoms with Gasteiger partial charge in [-0.25, -0.2) is 27.0 Å². The number of carbonyl (C=O) groups excluding carboxylic acids is 2. The van der Waals surface area contributed by atoms with Gasteiger partial charge in [-0.2, -0.15) is 0 Å². The quantitative estimate of drug-likeness (QED) is 0.139. The molecule has 1 saturated carbocycles. The topological polar surface area (TPSA) is 170 Å². The molecule has 0 aliphatic heterocycles. The van der Waals surface area contributed by atoms with Gasteiger partial charge in [0.2, 0.25) is 0 Å². The smallest absolute Gasteiger partial charge is 0.335 e. The summed E-state index contributed by atoms with van der Waals surface area (Å²) in [6.07, 6.45) is 6.78. The number of esters is 1. The second kappa shape index (κ2) is 16.8. The van der Waals surface area contributed by atoms with E-state index in [1.807, 2.05) is 20.8 Å². The molecule has 0 bridgehead atoms. The number of sulfonamides is 1. The van der Waals surface area contributed by atoms with E-state index in [1.165, 1.54) is 35.2 Å². The number of halogens is 1. The third kappa shape index (κ3) is 9.66. The minimum Gasteiger partial charge on any atom is -0.461 e. The Kier molecular flexibility index (Phi) is 12.1. The van der Waals surface area contributed by atoms with Crippen molar-refractivity contribution < 1.29 is 27.1 Å². The molecule has 57 heavy (non-hydrogen) atoms. The first-order valence-corrected chi connectivity index (χ1v) is 20.3. The Morgan fingerprint density at radius 2 is 1.67 bits per heavy atom. The number of nitrogens with zero attached hydrogens (tertiary/aromatic N) is 3. The Morgan fingerprint density at radius 3 is 2.33 bits per heavy atom. The first kappa shape index (κ1) is 41.0. The minimum atomic E-state index is -4.11. The van der Waals surface area contributed by atoms with Crippen molar-refractivity contribution in [3.8, 4) is 5.69 Å². The van der Waals surface area contributed by atoms with Gasteiger partial charge in [0.1, 0.15) is 18.0 Å². The Balaban J connectivity index is 1.20. The van der Waals surface area contributed by atoms with Crippen molar-refractivity contribution in [3.05, 3.63) is 128 Å². The van der Waals surface area contributed by atoms with Crippen molar-refractivity contribution in [2.75, 3.05) is 4.72 Å². The molecule has 3 aromatic carbocycles. The summed E-state index contributed by atoms with van der Waals surface area (Å²) in [6, 6.07) is 15.0. The lowest BCUT2D eigenvalue weighted by Gasteiger charge is -2.25. The third-order valence-electron chi connectivity index (χ3n) is 9.95. The number of ether oxygens (including phenoxy) is 1. The monoisotopic (exact) mass is 798 g/mol. The molecule has 13 nitrogen and oxygen atoms in total. The summed E-state index contributed by atoms with van der Waals surface area (Å²) in [7, 11) is -2.56. The molecule has 0 radical (unpaired) electrons. The van der Waals surface area contributed by atoms with Crippen LogP contribution in [0.3, 0.4) is 0 Å². The molecule has 300 valence electrons. The van der Waals surface area contributed by atoms with Crippen molar-refractivity contribution >= 4 is 38.5 Å². The van der Waals surface area contributed by atoms with Crippen LogP contribution in [0.2, 0.25) is 0 Å². The summed E-state index contributed by atoms with van der Waals surface area (Å²) in [5.41, 5.74) is 0.979. The average molecular weight is 799 g/mol. The summed E-state index contributed by atoms with van der Waals surface area (Å²) >= 11 is 0. The second-order valence-corrected chi connectivity index (χ2v) is 17.1.